The number of carboxylic acids is 1. The van der Waals surface area contributed by atoms with Crippen LogP contribution in [-0.4, -0.2) is 42.0 Å². The topological polar surface area (TPSA) is 105 Å². The molecule has 1 amide bonds. The van der Waals surface area contributed by atoms with Crippen LogP contribution >= 0.6 is 11.6 Å². The Kier molecular flexibility index (Phi) is 6.46. The van der Waals surface area contributed by atoms with Crippen LogP contribution in [0.2, 0.25) is 5.02 Å². The molecule has 0 radical (unpaired) electrons. The van der Waals surface area contributed by atoms with Gasteiger partial charge in [-0.2, -0.15) is 13.2 Å². The number of hydrogen-bond acceptors (Lipinski definition) is 4. The van der Waals surface area contributed by atoms with E-state index in [-0.39, 0.29) is 64.5 Å². The van der Waals surface area contributed by atoms with Crippen LogP contribution in [0.4, 0.5) is 17.6 Å². The molecule has 2 aromatic carbocycles. The number of nitrogens with one attached hydrogen (secondary N) is 1. The molecule has 0 aromatic heterocycles. The number of carbonyl (C=O) groups excluding carboxylic acids is 1. The number of amides is 1. The van der Waals surface area contributed by atoms with E-state index >= 15 is 0 Å². The summed E-state index contributed by atoms with van der Waals surface area (Å²) < 4.78 is 56.0. The van der Waals surface area contributed by atoms with Gasteiger partial charge in [0.1, 0.15) is 5.82 Å². The van der Waals surface area contributed by atoms with Crippen LogP contribution in [0.1, 0.15) is 51.1 Å². The van der Waals surface area contributed by atoms with Gasteiger partial charge in [-0.15, -0.1) is 0 Å². The molecule has 2 aromatic rings. The minimum Gasteiger partial charge on any atom is -0.478 e. The van der Waals surface area contributed by atoms with Gasteiger partial charge in [-0.05, 0) is 61.2 Å². The fraction of sp³-hybridized carbons (Fsp3) is 0.292. The lowest BCUT2D eigenvalue weighted by molar-refractivity contribution is -0.160. The Hall–Kier alpha value is -3.24. The Bertz CT molecular complexity index is 1280. The molecule has 35 heavy (non-hydrogen) atoms. The molecule has 2 aliphatic rings. The first-order chi connectivity index (χ1) is 16.5. The third-order valence-corrected chi connectivity index (χ3v) is 6.61. The number of aromatic carboxylic acids is 1. The fourth-order valence-electron chi connectivity index (χ4n) is 4.25. The number of alkyl halides is 3. The maximum Gasteiger partial charge on any atom is 0.398 e. The van der Waals surface area contributed by atoms with Crippen molar-refractivity contribution in [1.82, 2.24) is 5.32 Å². The lowest BCUT2D eigenvalue weighted by Gasteiger charge is -2.23. The van der Waals surface area contributed by atoms with Crippen LogP contribution in [0.3, 0.4) is 0 Å². The summed E-state index contributed by atoms with van der Waals surface area (Å²) in [5, 5.41) is 11.9. The largest absolute Gasteiger partial charge is 0.478 e. The van der Waals surface area contributed by atoms with E-state index in [0.29, 0.717) is 12.1 Å². The van der Waals surface area contributed by atoms with Crippen LogP contribution in [0.15, 0.2) is 47.0 Å². The summed E-state index contributed by atoms with van der Waals surface area (Å²) in [5.74, 6) is -3.13. The lowest BCUT2D eigenvalue weighted by atomic mass is 9.90. The smallest absolute Gasteiger partial charge is 0.398 e. The third-order valence-electron chi connectivity index (χ3n) is 6.30. The molecule has 1 aliphatic heterocycles. The molecule has 0 unspecified atom stereocenters. The number of carbonyl (C=O) groups is 2. The number of rotatable bonds is 4. The number of halogens is 5. The van der Waals surface area contributed by atoms with Gasteiger partial charge >= 0.3 is 12.1 Å². The predicted molar refractivity (Wildman–Crippen MR) is 122 cm³/mol. The monoisotopic (exact) mass is 509 g/mol. The van der Waals surface area contributed by atoms with Crippen LogP contribution in [-0.2, 0) is 5.41 Å². The van der Waals surface area contributed by atoms with Crippen molar-refractivity contribution in [3.05, 3.63) is 75.1 Å². The Morgan fingerprint density at radius 3 is 2.49 bits per heavy atom. The van der Waals surface area contributed by atoms with Crippen molar-refractivity contribution >= 4 is 34.9 Å². The Morgan fingerprint density at radius 2 is 1.89 bits per heavy atom. The summed E-state index contributed by atoms with van der Waals surface area (Å²) in [5.41, 5.74) is 3.62. The van der Waals surface area contributed by atoms with Gasteiger partial charge in [-0.25, -0.2) is 14.2 Å². The standard InChI is InChI=1S/C24H20ClF4N3O3/c25-16-3-1-2-15(23(7-8-23)24(27,28)29)19(16)21(33)32-18-11-31-9-6-14(18)20(30)13-5-4-12(22(34)35)10-17(13)26/h1-5,10,31H,6-9,11,30H2,(H,34,35). The lowest BCUT2D eigenvalue weighted by Crippen LogP contribution is -2.34. The van der Waals surface area contributed by atoms with Crippen molar-refractivity contribution in [3.63, 3.8) is 0 Å². The molecule has 4 rings (SSSR count). The molecule has 11 heteroatoms. The van der Waals surface area contributed by atoms with Crippen molar-refractivity contribution in [2.45, 2.75) is 30.9 Å². The maximum absolute atomic E-state index is 14.6. The fourth-order valence-corrected chi connectivity index (χ4v) is 4.50. The molecular formula is C24H20ClF4N3O3. The van der Waals surface area contributed by atoms with E-state index in [0.717, 1.165) is 6.07 Å². The summed E-state index contributed by atoms with van der Waals surface area (Å²) in [6.45, 7) is 0.507. The summed E-state index contributed by atoms with van der Waals surface area (Å²) in [6, 6.07) is 7.17. The first kappa shape index (κ1) is 24.9. The summed E-state index contributed by atoms with van der Waals surface area (Å²) in [4.78, 5) is 28.3. The van der Waals surface area contributed by atoms with Gasteiger partial charge < -0.3 is 16.2 Å². The average Bonchev–Trinajstić information content (AvgIpc) is 3.61. The molecule has 2 fully saturated rings. The third kappa shape index (κ3) is 4.55. The first-order valence-corrected chi connectivity index (χ1v) is 11.0. The van der Waals surface area contributed by atoms with Crippen molar-refractivity contribution in [2.24, 2.45) is 10.7 Å². The minimum atomic E-state index is -4.55. The molecule has 1 saturated heterocycles. The zero-order valence-electron chi connectivity index (χ0n) is 18.2. The molecule has 184 valence electrons. The Morgan fingerprint density at radius 1 is 1.17 bits per heavy atom. The maximum atomic E-state index is 14.6. The SMILES string of the molecule is NC(=C1CCNCC1=NC(=O)c1c(Cl)cccc1C1(C(F)(F)F)CC1)c1ccc(C(=O)O)cc1F. The number of carboxylic acid groups (broad SMARTS) is 1. The second kappa shape index (κ2) is 9.09. The number of benzene rings is 2. The number of piperidine rings is 1. The number of hydrogen-bond donors (Lipinski definition) is 3. The van der Waals surface area contributed by atoms with E-state index in [9.17, 15) is 27.2 Å². The van der Waals surface area contributed by atoms with E-state index in [4.69, 9.17) is 22.4 Å². The summed E-state index contributed by atoms with van der Waals surface area (Å²) >= 11 is 6.17. The zero-order valence-corrected chi connectivity index (χ0v) is 18.9. The van der Waals surface area contributed by atoms with Gasteiger partial charge in [-0.3, -0.25) is 4.79 Å². The van der Waals surface area contributed by atoms with Gasteiger partial charge in [0.25, 0.3) is 5.91 Å². The molecular weight excluding hydrogens is 490 g/mol. The zero-order chi connectivity index (χ0) is 25.5. The molecule has 1 aliphatic carbocycles. The van der Waals surface area contributed by atoms with Crippen molar-refractivity contribution in [3.8, 4) is 0 Å². The Labute approximate surface area is 202 Å². The second-order valence-corrected chi connectivity index (χ2v) is 8.83. The molecule has 0 atom stereocenters. The van der Waals surface area contributed by atoms with Crippen LogP contribution < -0.4 is 11.1 Å². The van der Waals surface area contributed by atoms with Crippen LogP contribution in [0, 0.1) is 5.82 Å². The number of nitrogens with zero attached hydrogens (tertiary/aromatic N) is 1. The summed E-state index contributed by atoms with van der Waals surface area (Å²) in [7, 11) is 0. The van der Waals surface area contributed by atoms with Crippen LogP contribution in [0.5, 0.6) is 0 Å². The normalized spacial score (nSPS) is 20.0. The number of aliphatic imine (C=N–C) groups is 1. The highest BCUT2D eigenvalue weighted by atomic mass is 35.5. The van der Waals surface area contributed by atoms with Gasteiger partial charge in [0.2, 0.25) is 0 Å². The molecule has 0 bridgehead atoms. The molecule has 0 spiro atoms. The molecule has 6 nitrogen and oxygen atoms in total. The molecule has 1 saturated carbocycles. The Balaban J connectivity index is 1.77. The highest BCUT2D eigenvalue weighted by molar-refractivity contribution is 6.34. The van der Waals surface area contributed by atoms with E-state index in [1.54, 1.807) is 0 Å². The number of nitrogens with two attached hydrogens (primary N) is 1. The second-order valence-electron chi connectivity index (χ2n) is 8.42. The average molecular weight is 510 g/mol. The van der Waals surface area contributed by atoms with Gasteiger partial charge in [0.05, 0.1) is 27.3 Å². The van der Waals surface area contributed by atoms with Crippen molar-refractivity contribution < 1.29 is 32.3 Å². The highest BCUT2D eigenvalue weighted by Crippen LogP contribution is 2.60. The predicted octanol–water partition coefficient (Wildman–Crippen LogP) is 4.72. The van der Waals surface area contributed by atoms with E-state index in [2.05, 4.69) is 10.3 Å². The molecule has 4 N–H and O–H groups in total. The van der Waals surface area contributed by atoms with Gasteiger partial charge in [0, 0.05) is 17.8 Å². The molecule has 1 heterocycles. The van der Waals surface area contributed by atoms with E-state index in [1.807, 2.05) is 0 Å². The van der Waals surface area contributed by atoms with Crippen molar-refractivity contribution in [1.29, 1.82) is 0 Å². The minimum absolute atomic E-state index is 0.0409. The highest BCUT2D eigenvalue weighted by Gasteiger charge is 2.65. The van der Waals surface area contributed by atoms with Gasteiger partial charge in [0.15, 0.2) is 0 Å². The van der Waals surface area contributed by atoms with Crippen molar-refractivity contribution in [2.75, 3.05) is 13.1 Å². The quantitative estimate of drug-likeness (QED) is 0.517. The van der Waals surface area contributed by atoms with Crippen LogP contribution in [0.25, 0.3) is 5.70 Å². The van der Waals surface area contributed by atoms with E-state index in [1.165, 1.54) is 30.3 Å². The first-order valence-electron chi connectivity index (χ1n) is 10.7. The van der Waals surface area contributed by atoms with E-state index < -0.39 is 29.3 Å². The van der Waals surface area contributed by atoms with Gasteiger partial charge in [-0.1, -0.05) is 23.7 Å². The summed E-state index contributed by atoms with van der Waals surface area (Å²) in [6.07, 6.45) is -4.60.